The lowest BCUT2D eigenvalue weighted by atomic mass is 10.2. The van der Waals surface area contributed by atoms with Crippen molar-refractivity contribution in [1.82, 2.24) is 0 Å². The predicted octanol–water partition coefficient (Wildman–Crippen LogP) is 1.49. The van der Waals surface area contributed by atoms with Crippen molar-refractivity contribution >= 4 is 17.9 Å². The third-order valence-corrected chi connectivity index (χ3v) is 1.89. The molecule has 0 radical (unpaired) electrons. The minimum absolute atomic E-state index is 0.164. The molecule has 5 heteroatoms. The third-order valence-electron chi connectivity index (χ3n) is 1.89. The number of hydrogen-bond acceptors (Lipinski definition) is 5. The van der Waals surface area contributed by atoms with Crippen LogP contribution in [0.4, 0.5) is 0 Å². The van der Waals surface area contributed by atoms with Crippen LogP contribution in [0.3, 0.4) is 0 Å². The third kappa shape index (κ3) is 4.21. The number of hydrogen-bond donors (Lipinski definition) is 0. The minimum atomic E-state index is -0.932. The van der Waals surface area contributed by atoms with E-state index in [1.807, 2.05) is 0 Å². The summed E-state index contributed by atoms with van der Waals surface area (Å²) in [6.07, 6.45) is 0. The van der Waals surface area contributed by atoms with E-state index in [-0.39, 0.29) is 11.1 Å². The fourth-order valence-corrected chi connectivity index (χ4v) is 1.01. The van der Waals surface area contributed by atoms with Crippen molar-refractivity contribution in [2.75, 3.05) is 6.61 Å². The Morgan fingerprint density at radius 2 is 1.78 bits per heavy atom. The molecule has 0 N–H and O–H groups in total. The summed E-state index contributed by atoms with van der Waals surface area (Å²) in [4.78, 5) is 33.6. The van der Waals surface area contributed by atoms with E-state index in [1.54, 1.807) is 18.2 Å². The highest BCUT2D eigenvalue weighted by Gasteiger charge is 2.14. The van der Waals surface area contributed by atoms with Crippen molar-refractivity contribution < 1.29 is 23.9 Å². The van der Waals surface area contributed by atoms with E-state index < -0.39 is 24.5 Å². The van der Waals surface area contributed by atoms with E-state index in [9.17, 15) is 14.4 Å². The molecule has 0 aliphatic heterocycles. The summed E-state index contributed by atoms with van der Waals surface area (Å²) in [5.41, 5.74) is 0.411. The second kappa shape index (κ2) is 6.34. The molecule has 0 unspecified atom stereocenters. The quantitative estimate of drug-likeness (QED) is 0.458. The molecule has 1 rings (SSSR count). The molecule has 18 heavy (non-hydrogen) atoms. The summed E-state index contributed by atoms with van der Waals surface area (Å²) in [6, 6.07) is 8.03. The van der Waals surface area contributed by atoms with Gasteiger partial charge in [0.15, 0.2) is 6.61 Å². The first-order valence-electron chi connectivity index (χ1n) is 5.13. The molecule has 0 aliphatic carbocycles. The lowest BCUT2D eigenvalue weighted by Gasteiger charge is -2.04. The first-order chi connectivity index (χ1) is 8.50. The van der Waals surface area contributed by atoms with Gasteiger partial charge in [0.05, 0.1) is 5.56 Å². The smallest absolute Gasteiger partial charge is 0.352 e. The van der Waals surface area contributed by atoms with Crippen LogP contribution < -0.4 is 0 Å². The summed E-state index contributed by atoms with van der Waals surface area (Å²) < 4.78 is 9.02. The van der Waals surface area contributed by atoms with E-state index in [2.05, 4.69) is 16.1 Å². The second-order valence-corrected chi connectivity index (χ2v) is 3.48. The fourth-order valence-electron chi connectivity index (χ4n) is 1.01. The summed E-state index contributed by atoms with van der Waals surface area (Å²) >= 11 is 0. The van der Waals surface area contributed by atoms with Gasteiger partial charge in [0.25, 0.3) is 0 Å². The van der Waals surface area contributed by atoms with Crippen molar-refractivity contribution in [3.8, 4) is 0 Å². The lowest BCUT2D eigenvalue weighted by molar-refractivity contribution is -0.152. The highest BCUT2D eigenvalue weighted by Crippen LogP contribution is 2.01. The first kappa shape index (κ1) is 13.6. The molecule has 0 amide bonds. The van der Waals surface area contributed by atoms with Gasteiger partial charge in [-0.1, -0.05) is 24.8 Å². The van der Waals surface area contributed by atoms with E-state index >= 15 is 0 Å². The van der Waals surface area contributed by atoms with Crippen molar-refractivity contribution in [3.63, 3.8) is 0 Å². The van der Waals surface area contributed by atoms with Gasteiger partial charge in [-0.25, -0.2) is 14.4 Å². The van der Waals surface area contributed by atoms with Gasteiger partial charge in [-0.3, -0.25) is 0 Å². The van der Waals surface area contributed by atoms with Gasteiger partial charge >= 0.3 is 17.9 Å². The van der Waals surface area contributed by atoms with Crippen molar-refractivity contribution in [2.24, 2.45) is 0 Å². The normalized spacial score (nSPS) is 9.39. The van der Waals surface area contributed by atoms with Gasteiger partial charge in [-0.05, 0) is 19.1 Å². The Labute approximate surface area is 104 Å². The van der Waals surface area contributed by atoms with E-state index in [0.29, 0.717) is 0 Å². The summed E-state index contributed by atoms with van der Waals surface area (Å²) in [5.74, 6) is -2.43. The van der Waals surface area contributed by atoms with Crippen LogP contribution in [-0.2, 0) is 19.1 Å². The number of ether oxygens (including phenoxy) is 2. The second-order valence-electron chi connectivity index (χ2n) is 3.48. The molecule has 0 atom stereocenters. The lowest BCUT2D eigenvalue weighted by Crippen LogP contribution is -2.20. The van der Waals surface area contributed by atoms with Crippen LogP contribution in [0.2, 0.25) is 0 Å². The maximum atomic E-state index is 11.4. The number of esters is 3. The van der Waals surface area contributed by atoms with Crippen LogP contribution in [0.15, 0.2) is 42.5 Å². The van der Waals surface area contributed by atoms with E-state index in [1.165, 1.54) is 19.1 Å². The maximum Gasteiger partial charge on any atom is 0.352 e. The largest absolute Gasteiger partial charge is 0.450 e. The average molecular weight is 248 g/mol. The Morgan fingerprint density at radius 1 is 1.17 bits per heavy atom. The number of rotatable bonds is 4. The Bertz CT molecular complexity index is 475. The maximum absolute atomic E-state index is 11.4. The summed E-state index contributed by atoms with van der Waals surface area (Å²) in [7, 11) is 0. The molecule has 0 heterocycles. The van der Waals surface area contributed by atoms with E-state index in [4.69, 9.17) is 0 Å². The molecule has 0 spiro atoms. The highest BCUT2D eigenvalue weighted by molar-refractivity contribution is 5.97. The van der Waals surface area contributed by atoms with Crippen LogP contribution in [0.1, 0.15) is 17.3 Å². The Kier molecular flexibility index (Phi) is 4.80. The number of carbonyl (C=O) groups is 3. The van der Waals surface area contributed by atoms with Gasteiger partial charge < -0.3 is 9.47 Å². The molecule has 0 bridgehead atoms. The molecule has 0 aromatic heterocycles. The van der Waals surface area contributed by atoms with Gasteiger partial charge in [-0.15, -0.1) is 0 Å². The predicted molar refractivity (Wildman–Crippen MR) is 62.6 cm³/mol. The van der Waals surface area contributed by atoms with Crippen LogP contribution in [0.5, 0.6) is 0 Å². The van der Waals surface area contributed by atoms with Gasteiger partial charge in [0.2, 0.25) is 0 Å². The SMILES string of the molecule is C=C(C)C(=O)OCC(=O)OC(=O)c1ccccc1. The summed E-state index contributed by atoms with van der Waals surface area (Å²) in [6.45, 7) is 4.17. The monoisotopic (exact) mass is 248 g/mol. The zero-order chi connectivity index (χ0) is 13.5. The molecule has 0 fully saturated rings. The van der Waals surface area contributed by atoms with Gasteiger partial charge in [0.1, 0.15) is 0 Å². The van der Waals surface area contributed by atoms with Crippen LogP contribution in [0.25, 0.3) is 0 Å². The molecule has 1 aromatic carbocycles. The number of carbonyl (C=O) groups excluding carboxylic acids is 3. The van der Waals surface area contributed by atoms with Crippen molar-refractivity contribution in [1.29, 1.82) is 0 Å². The summed E-state index contributed by atoms with van der Waals surface area (Å²) in [5, 5.41) is 0. The Morgan fingerprint density at radius 3 is 2.33 bits per heavy atom. The van der Waals surface area contributed by atoms with Crippen molar-refractivity contribution in [3.05, 3.63) is 48.0 Å². The molecule has 94 valence electrons. The van der Waals surface area contributed by atoms with Gasteiger partial charge in [0, 0.05) is 5.57 Å². The average Bonchev–Trinajstić information content (AvgIpc) is 2.36. The van der Waals surface area contributed by atoms with Crippen LogP contribution in [-0.4, -0.2) is 24.5 Å². The Balaban J connectivity index is 2.44. The zero-order valence-corrected chi connectivity index (χ0v) is 9.84. The molecule has 5 nitrogen and oxygen atoms in total. The Hall–Kier alpha value is -2.43. The molecule has 0 aliphatic rings. The van der Waals surface area contributed by atoms with Crippen molar-refractivity contribution in [2.45, 2.75) is 6.92 Å². The minimum Gasteiger partial charge on any atom is -0.450 e. The first-order valence-corrected chi connectivity index (χ1v) is 5.13. The topological polar surface area (TPSA) is 69.7 Å². The molecule has 0 saturated carbocycles. The van der Waals surface area contributed by atoms with Crippen LogP contribution in [0, 0.1) is 0 Å². The molecular weight excluding hydrogens is 236 g/mol. The standard InChI is InChI=1S/C13H12O5/c1-9(2)12(15)17-8-11(14)18-13(16)10-6-4-3-5-7-10/h3-7H,1,8H2,2H3. The molecular formula is C13H12O5. The zero-order valence-electron chi connectivity index (χ0n) is 9.84. The fraction of sp³-hybridized carbons (Fsp3) is 0.154. The van der Waals surface area contributed by atoms with Gasteiger partial charge in [-0.2, -0.15) is 0 Å². The molecule has 0 saturated heterocycles. The molecule has 1 aromatic rings. The van der Waals surface area contributed by atoms with E-state index in [0.717, 1.165) is 0 Å². The van der Waals surface area contributed by atoms with Crippen LogP contribution >= 0.6 is 0 Å². The number of benzene rings is 1. The highest BCUT2D eigenvalue weighted by atomic mass is 16.6.